The van der Waals surface area contributed by atoms with Crippen LogP contribution in [0.15, 0.2) is 29.2 Å². The van der Waals surface area contributed by atoms with E-state index in [0.717, 1.165) is 13.1 Å². The molecule has 1 aliphatic heterocycles. The lowest BCUT2D eigenvalue weighted by Gasteiger charge is -2.32. The Balaban J connectivity index is 1.86. The average molecular weight is 385 g/mol. The molecular weight excluding hydrogens is 358 g/mol. The standard InChI is InChI=1S/C17H27N3O5S/c1-13(20-8-10-25-11-9-20)12-18-17(21)14(2)19-26(22,23)16-6-4-15(24-3)5-7-16/h4-7,13-14,19H,8-12H2,1-3H3,(H,18,21)/t13?,14-/m0/s1. The number of amides is 1. The van der Waals surface area contributed by atoms with Crippen molar-refractivity contribution in [3.63, 3.8) is 0 Å². The Bertz CT molecular complexity index is 687. The molecule has 9 heteroatoms. The molecule has 1 saturated heterocycles. The van der Waals surface area contributed by atoms with E-state index in [1.165, 1.54) is 26.2 Å². The molecule has 2 atom stereocenters. The molecule has 146 valence electrons. The van der Waals surface area contributed by atoms with Gasteiger partial charge in [-0.2, -0.15) is 4.72 Å². The maximum Gasteiger partial charge on any atom is 0.241 e. The van der Waals surface area contributed by atoms with Gasteiger partial charge >= 0.3 is 0 Å². The van der Waals surface area contributed by atoms with Crippen LogP contribution in [0.25, 0.3) is 0 Å². The van der Waals surface area contributed by atoms with E-state index >= 15 is 0 Å². The zero-order chi connectivity index (χ0) is 19.2. The number of nitrogens with zero attached hydrogens (tertiary/aromatic N) is 1. The second-order valence-corrected chi connectivity index (χ2v) is 7.97. The summed E-state index contributed by atoms with van der Waals surface area (Å²) < 4.78 is 37.5. The van der Waals surface area contributed by atoms with Crippen molar-refractivity contribution in [2.45, 2.75) is 30.8 Å². The molecular formula is C17H27N3O5S. The lowest BCUT2D eigenvalue weighted by atomic mass is 10.2. The fourth-order valence-electron chi connectivity index (χ4n) is 2.66. The monoisotopic (exact) mass is 385 g/mol. The van der Waals surface area contributed by atoms with Crippen molar-refractivity contribution in [3.05, 3.63) is 24.3 Å². The summed E-state index contributed by atoms with van der Waals surface area (Å²) in [7, 11) is -2.28. The number of nitrogens with one attached hydrogen (secondary N) is 2. The summed E-state index contributed by atoms with van der Waals surface area (Å²) in [6.07, 6.45) is 0. The normalized spacial score (nSPS) is 18.1. The molecule has 0 radical (unpaired) electrons. The summed E-state index contributed by atoms with van der Waals surface area (Å²) in [5.41, 5.74) is 0. The molecule has 1 aromatic carbocycles. The first kappa shape index (κ1) is 20.6. The molecule has 2 N–H and O–H groups in total. The maximum absolute atomic E-state index is 12.4. The van der Waals surface area contributed by atoms with Crippen LogP contribution in [0.4, 0.5) is 0 Å². The summed E-state index contributed by atoms with van der Waals surface area (Å²) in [4.78, 5) is 14.6. The Morgan fingerprint density at radius 3 is 2.42 bits per heavy atom. The van der Waals surface area contributed by atoms with E-state index < -0.39 is 16.1 Å². The molecule has 1 fully saturated rings. The van der Waals surface area contributed by atoms with Crippen LogP contribution < -0.4 is 14.8 Å². The number of hydrogen-bond acceptors (Lipinski definition) is 6. The maximum atomic E-state index is 12.4. The van der Waals surface area contributed by atoms with E-state index in [0.29, 0.717) is 25.5 Å². The second kappa shape index (κ2) is 9.31. The number of ether oxygens (including phenoxy) is 2. The number of carbonyl (C=O) groups excluding carboxylic acids is 1. The smallest absolute Gasteiger partial charge is 0.241 e. The van der Waals surface area contributed by atoms with E-state index in [4.69, 9.17) is 9.47 Å². The minimum absolute atomic E-state index is 0.0830. The fraction of sp³-hybridized carbons (Fsp3) is 0.588. The van der Waals surface area contributed by atoms with Gasteiger partial charge in [-0.3, -0.25) is 9.69 Å². The first-order valence-electron chi connectivity index (χ1n) is 8.59. The Morgan fingerprint density at radius 1 is 1.23 bits per heavy atom. The van der Waals surface area contributed by atoms with Crippen LogP contribution in [0.3, 0.4) is 0 Å². The summed E-state index contributed by atoms with van der Waals surface area (Å²) in [6, 6.07) is 5.28. The SMILES string of the molecule is COc1ccc(S(=O)(=O)N[C@@H](C)C(=O)NCC(C)N2CCOCC2)cc1. The van der Waals surface area contributed by atoms with Gasteiger partial charge in [-0.25, -0.2) is 8.42 Å². The Kier molecular flexibility index (Phi) is 7.39. The molecule has 0 saturated carbocycles. The van der Waals surface area contributed by atoms with Gasteiger partial charge in [0.2, 0.25) is 15.9 Å². The summed E-state index contributed by atoms with van der Waals surface area (Å²) in [6.45, 7) is 7.04. The van der Waals surface area contributed by atoms with Gasteiger partial charge < -0.3 is 14.8 Å². The zero-order valence-electron chi connectivity index (χ0n) is 15.4. The van der Waals surface area contributed by atoms with Gasteiger partial charge in [0.25, 0.3) is 0 Å². The van der Waals surface area contributed by atoms with Gasteiger partial charge in [0.15, 0.2) is 0 Å². The van der Waals surface area contributed by atoms with Crippen LogP contribution in [-0.4, -0.2) is 71.3 Å². The first-order chi connectivity index (χ1) is 12.3. The van der Waals surface area contributed by atoms with Crippen LogP contribution in [0.2, 0.25) is 0 Å². The molecule has 1 aromatic rings. The number of sulfonamides is 1. The third-order valence-corrected chi connectivity index (χ3v) is 5.89. The summed E-state index contributed by atoms with van der Waals surface area (Å²) in [5.74, 6) is 0.203. The summed E-state index contributed by atoms with van der Waals surface area (Å²) >= 11 is 0. The van der Waals surface area contributed by atoms with E-state index in [-0.39, 0.29) is 16.8 Å². The quantitative estimate of drug-likeness (QED) is 0.664. The van der Waals surface area contributed by atoms with Gasteiger partial charge in [0.1, 0.15) is 5.75 Å². The minimum Gasteiger partial charge on any atom is -0.497 e. The van der Waals surface area contributed by atoms with Gasteiger partial charge in [-0.1, -0.05) is 0 Å². The molecule has 1 amide bonds. The van der Waals surface area contributed by atoms with E-state index in [9.17, 15) is 13.2 Å². The third kappa shape index (κ3) is 5.66. The lowest BCUT2D eigenvalue weighted by molar-refractivity contribution is -0.122. The van der Waals surface area contributed by atoms with Crippen molar-refractivity contribution in [2.75, 3.05) is 40.0 Å². The van der Waals surface area contributed by atoms with E-state index in [1.54, 1.807) is 12.1 Å². The fourth-order valence-corrected chi connectivity index (χ4v) is 3.86. The number of carbonyl (C=O) groups is 1. The highest BCUT2D eigenvalue weighted by Crippen LogP contribution is 2.15. The average Bonchev–Trinajstić information content (AvgIpc) is 2.66. The molecule has 1 unspecified atom stereocenters. The highest BCUT2D eigenvalue weighted by molar-refractivity contribution is 7.89. The topological polar surface area (TPSA) is 97.0 Å². The second-order valence-electron chi connectivity index (χ2n) is 6.26. The predicted octanol–water partition coefficient (Wildman–Crippen LogP) is 0.199. The van der Waals surface area contributed by atoms with Crippen molar-refractivity contribution < 1.29 is 22.7 Å². The minimum atomic E-state index is -3.78. The molecule has 0 bridgehead atoms. The highest BCUT2D eigenvalue weighted by atomic mass is 32.2. The van der Waals surface area contributed by atoms with Crippen LogP contribution >= 0.6 is 0 Å². The van der Waals surface area contributed by atoms with Crippen LogP contribution in [0.1, 0.15) is 13.8 Å². The Hall–Kier alpha value is -1.68. The van der Waals surface area contributed by atoms with Gasteiger partial charge in [-0.15, -0.1) is 0 Å². The van der Waals surface area contributed by atoms with Gasteiger partial charge in [-0.05, 0) is 38.1 Å². The van der Waals surface area contributed by atoms with Gasteiger partial charge in [0, 0.05) is 25.7 Å². The molecule has 1 heterocycles. The lowest BCUT2D eigenvalue weighted by Crippen LogP contribution is -2.50. The highest BCUT2D eigenvalue weighted by Gasteiger charge is 2.23. The van der Waals surface area contributed by atoms with Crippen molar-refractivity contribution in [3.8, 4) is 5.75 Å². The molecule has 2 rings (SSSR count). The van der Waals surface area contributed by atoms with Crippen molar-refractivity contribution >= 4 is 15.9 Å². The van der Waals surface area contributed by atoms with Crippen molar-refractivity contribution in [1.82, 2.24) is 14.9 Å². The predicted molar refractivity (Wildman–Crippen MR) is 97.6 cm³/mol. The Morgan fingerprint density at radius 2 is 1.85 bits per heavy atom. The van der Waals surface area contributed by atoms with Crippen molar-refractivity contribution in [1.29, 1.82) is 0 Å². The molecule has 0 spiro atoms. The number of morpholine rings is 1. The third-order valence-electron chi connectivity index (χ3n) is 4.34. The van der Waals surface area contributed by atoms with Gasteiger partial charge in [0.05, 0.1) is 31.3 Å². The number of methoxy groups -OCH3 is 1. The number of hydrogen-bond donors (Lipinski definition) is 2. The first-order valence-corrected chi connectivity index (χ1v) is 10.1. The molecule has 26 heavy (non-hydrogen) atoms. The van der Waals surface area contributed by atoms with E-state index in [1.807, 2.05) is 6.92 Å². The van der Waals surface area contributed by atoms with E-state index in [2.05, 4.69) is 14.9 Å². The van der Waals surface area contributed by atoms with Crippen LogP contribution in [0, 0.1) is 0 Å². The summed E-state index contributed by atoms with van der Waals surface area (Å²) in [5, 5.41) is 2.80. The van der Waals surface area contributed by atoms with Crippen LogP contribution in [-0.2, 0) is 19.6 Å². The Labute approximate surface area is 154 Å². The van der Waals surface area contributed by atoms with Crippen molar-refractivity contribution in [2.24, 2.45) is 0 Å². The zero-order valence-corrected chi connectivity index (χ0v) is 16.2. The molecule has 1 aliphatic rings. The molecule has 0 aromatic heterocycles. The largest absolute Gasteiger partial charge is 0.497 e. The molecule has 8 nitrogen and oxygen atoms in total. The number of benzene rings is 1. The number of rotatable bonds is 8. The van der Waals surface area contributed by atoms with Crippen LogP contribution in [0.5, 0.6) is 5.75 Å². The molecule has 0 aliphatic carbocycles.